The molecule has 2 aromatic rings. The molecule has 0 aliphatic rings. The van der Waals surface area contributed by atoms with Gasteiger partial charge in [-0.1, -0.05) is 104 Å². The smallest absolute Gasteiger partial charge is 0.159 e. The number of hydrogen-bond acceptors (Lipinski definition) is 4. The third-order valence-corrected chi connectivity index (χ3v) is 6.70. The maximum atomic E-state index is 10.4. The minimum absolute atomic E-state index is 0.308. The Kier molecular flexibility index (Phi) is 16.1. The zero-order valence-electron chi connectivity index (χ0n) is 22.5. The number of rotatable bonds is 21. The largest absolute Gasteiger partial charge is 0.494 e. The summed E-state index contributed by atoms with van der Waals surface area (Å²) in [5.74, 6) is 1.62. The molecule has 1 aromatic heterocycles. The average molecular weight is 483 g/mol. The number of nitrogens with zero attached hydrogens (tertiary/aromatic N) is 2. The van der Waals surface area contributed by atoms with Crippen molar-refractivity contribution < 1.29 is 9.84 Å². The Balaban J connectivity index is 1.62. The number of benzene rings is 1. The van der Waals surface area contributed by atoms with E-state index in [0.717, 1.165) is 42.7 Å². The summed E-state index contributed by atoms with van der Waals surface area (Å²) in [6, 6.07) is 8.05. The molecule has 0 spiro atoms. The molecule has 1 atom stereocenters. The molecule has 0 radical (unpaired) electrons. The highest BCUT2D eigenvalue weighted by molar-refractivity contribution is 5.55. The van der Waals surface area contributed by atoms with E-state index in [4.69, 9.17) is 4.74 Å². The van der Waals surface area contributed by atoms with E-state index in [9.17, 15) is 5.11 Å². The second-order valence-corrected chi connectivity index (χ2v) is 10.0. The minimum Gasteiger partial charge on any atom is -0.494 e. The highest BCUT2D eigenvalue weighted by Gasteiger charge is 2.08. The fourth-order valence-electron chi connectivity index (χ4n) is 4.45. The topological polar surface area (TPSA) is 55.2 Å². The molecule has 1 N–H and O–H groups in total. The third kappa shape index (κ3) is 13.7. The second kappa shape index (κ2) is 19.3. The molecule has 196 valence electrons. The molecular weight excluding hydrogens is 432 g/mol. The molecular formula is C31H50N2O2. The highest BCUT2D eigenvalue weighted by atomic mass is 16.5. The monoisotopic (exact) mass is 482 g/mol. The van der Waals surface area contributed by atoms with E-state index in [2.05, 4.69) is 23.8 Å². The molecule has 4 heteroatoms. The number of ether oxygens (including phenoxy) is 1. The number of aromatic nitrogens is 2. The number of aliphatic hydroxyl groups excluding tert-OH is 1. The summed E-state index contributed by atoms with van der Waals surface area (Å²) in [7, 11) is 0. The Morgan fingerprint density at radius 2 is 1.20 bits per heavy atom. The molecule has 0 fully saturated rings. The van der Waals surface area contributed by atoms with Crippen LogP contribution in [0.3, 0.4) is 0 Å². The molecule has 2 rings (SSSR count). The van der Waals surface area contributed by atoms with Gasteiger partial charge in [-0.25, -0.2) is 9.97 Å². The Morgan fingerprint density at radius 1 is 0.686 bits per heavy atom. The predicted octanol–water partition coefficient (Wildman–Crippen LogP) is 8.71. The van der Waals surface area contributed by atoms with E-state index in [1.54, 1.807) is 0 Å². The van der Waals surface area contributed by atoms with Crippen LogP contribution in [-0.4, -0.2) is 27.8 Å². The fraction of sp³-hybridized carbons (Fsp3) is 0.677. The van der Waals surface area contributed by atoms with Crippen molar-refractivity contribution in [3.05, 3.63) is 42.2 Å². The standard InChI is InChI=1S/C31H50N2O2/c1-3-5-7-9-11-13-15-17-23-35-30-21-19-28(20-22-30)31-32-25-27(26-33-31)24-29(34)18-16-14-12-10-8-6-4-2/h19-22,25-26,29,34H,3-18,23-24H2,1-2H3. The maximum Gasteiger partial charge on any atom is 0.159 e. The summed E-state index contributed by atoms with van der Waals surface area (Å²) in [5, 5.41) is 10.4. The first-order valence-corrected chi connectivity index (χ1v) is 14.4. The molecule has 1 heterocycles. The summed E-state index contributed by atoms with van der Waals surface area (Å²) in [6.45, 7) is 5.29. The quantitative estimate of drug-likeness (QED) is 0.181. The molecule has 4 nitrogen and oxygen atoms in total. The predicted molar refractivity (Wildman–Crippen MR) is 148 cm³/mol. The number of aliphatic hydroxyl groups is 1. The average Bonchev–Trinajstić information content (AvgIpc) is 2.88. The maximum absolute atomic E-state index is 10.4. The van der Waals surface area contributed by atoms with Crippen LogP contribution in [0.2, 0.25) is 0 Å². The van der Waals surface area contributed by atoms with Crippen molar-refractivity contribution in [3.8, 4) is 17.1 Å². The van der Waals surface area contributed by atoms with Crippen LogP contribution in [0.5, 0.6) is 5.75 Å². The van der Waals surface area contributed by atoms with Gasteiger partial charge >= 0.3 is 0 Å². The first-order valence-electron chi connectivity index (χ1n) is 14.4. The lowest BCUT2D eigenvalue weighted by atomic mass is 10.0. The molecule has 35 heavy (non-hydrogen) atoms. The summed E-state index contributed by atoms with van der Waals surface area (Å²) in [5.41, 5.74) is 1.98. The van der Waals surface area contributed by atoms with Crippen molar-refractivity contribution in [2.75, 3.05) is 6.61 Å². The van der Waals surface area contributed by atoms with E-state index in [1.165, 1.54) is 83.5 Å². The molecule has 0 aliphatic carbocycles. The zero-order valence-corrected chi connectivity index (χ0v) is 22.5. The van der Waals surface area contributed by atoms with Gasteiger partial charge < -0.3 is 9.84 Å². The summed E-state index contributed by atoms with van der Waals surface area (Å²) in [6.07, 6.45) is 24.3. The van der Waals surface area contributed by atoms with Gasteiger partial charge in [-0.3, -0.25) is 0 Å². The minimum atomic E-state index is -0.308. The molecule has 0 bridgehead atoms. The number of unbranched alkanes of at least 4 members (excludes halogenated alkanes) is 13. The van der Waals surface area contributed by atoms with Crippen molar-refractivity contribution in [1.29, 1.82) is 0 Å². The Labute approximate surface area is 214 Å². The van der Waals surface area contributed by atoms with Crippen LogP contribution in [0.4, 0.5) is 0 Å². The van der Waals surface area contributed by atoms with Gasteiger partial charge in [-0.15, -0.1) is 0 Å². The van der Waals surface area contributed by atoms with Gasteiger partial charge in [0.1, 0.15) is 5.75 Å². The van der Waals surface area contributed by atoms with Crippen LogP contribution in [0.15, 0.2) is 36.7 Å². The lowest BCUT2D eigenvalue weighted by Gasteiger charge is -2.11. The normalized spacial score (nSPS) is 12.1. The lowest BCUT2D eigenvalue weighted by molar-refractivity contribution is 0.160. The van der Waals surface area contributed by atoms with Crippen LogP contribution in [0.1, 0.15) is 122 Å². The molecule has 0 saturated heterocycles. The highest BCUT2D eigenvalue weighted by Crippen LogP contribution is 2.20. The second-order valence-electron chi connectivity index (χ2n) is 10.0. The van der Waals surface area contributed by atoms with Gasteiger partial charge in [0.2, 0.25) is 0 Å². The summed E-state index contributed by atoms with van der Waals surface area (Å²) >= 11 is 0. The van der Waals surface area contributed by atoms with Gasteiger partial charge in [0, 0.05) is 24.4 Å². The zero-order chi connectivity index (χ0) is 25.0. The molecule has 0 saturated carbocycles. The molecule has 1 unspecified atom stereocenters. The van der Waals surface area contributed by atoms with Crippen LogP contribution in [-0.2, 0) is 6.42 Å². The van der Waals surface area contributed by atoms with E-state index >= 15 is 0 Å². The SMILES string of the molecule is CCCCCCCCCCOc1ccc(-c2ncc(CC(O)CCCCCCCCC)cn2)cc1. The van der Waals surface area contributed by atoms with E-state index in [0.29, 0.717) is 12.2 Å². The van der Waals surface area contributed by atoms with Gasteiger partial charge in [0.05, 0.1) is 12.7 Å². The van der Waals surface area contributed by atoms with Crippen molar-refractivity contribution in [2.45, 2.75) is 129 Å². The Bertz CT molecular complexity index is 746. The Hall–Kier alpha value is -1.94. The first kappa shape index (κ1) is 29.3. The van der Waals surface area contributed by atoms with Crippen molar-refractivity contribution in [3.63, 3.8) is 0 Å². The van der Waals surface area contributed by atoms with Crippen molar-refractivity contribution in [2.24, 2.45) is 0 Å². The third-order valence-electron chi connectivity index (χ3n) is 6.70. The van der Waals surface area contributed by atoms with E-state index in [-0.39, 0.29) is 6.10 Å². The van der Waals surface area contributed by atoms with E-state index < -0.39 is 0 Å². The van der Waals surface area contributed by atoms with Gasteiger partial charge in [-0.05, 0) is 42.7 Å². The summed E-state index contributed by atoms with van der Waals surface area (Å²) < 4.78 is 5.90. The number of hydrogen-bond donors (Lipinski definition) is 1. The van der Waals surface area contributed by atoms with Crippen molar-refractivity contribution in [1.82, 2.24) is 9.97 Å². The van der Waals surface area contributed by atoms with Crippen LogP contribution >= 0.6 is 0 Å². The van der Waals surface area contributed by atoms with E-state index in [1.807, 2.05) is 36.7 Å². The van der Waals surface area contributed by atoms with Gasteiger partial charge in [-0.2, -0.15) is 0 Å². The van der Waals surface area contributed by atoms with Gasteiger partial charge in [0.15, 0.2) is 5.82 Å². The summed E-state index contributed by atoms with van der Waals surface area (Å²) in [4.78, 5) is 9.06. The molecule has 0 aliphatic heterocycles. The van der Waals surface area contributed by atoms with Crippen molar-refractivity contribution >= 4 is 0 Å². The van der Waals surface area contributed by atoms with Crippen LogP contribution in [0, 0.1) is 0 Å². The first-order chi connectivity index (χ1) is 17.2. The Morgan fingerprint density at radius 3 is 1.77 bits per heavy atom. The lowest BCUT2D eigenvalue weighted by Crippen LogP contribution is -2.11. The fourth-order valence-corrected chi connectivity index (χ4v) is 4.45. The van der Waals surface area contributed by atoms with Crippen LogP contribution in [0.25, 0.3) is 11.4 Å². The van der Waals surface area contributed by atoms with Gasteiger partial charge in [0.25, 0.3) is 0 Å². The molecule has 1 aromatic carbocycles. The molecule has 0 amide bonds. The van der Waals surface area contributed by atoms with Crippen LogP contribution < -0.4 is 4.74 Å².